The summed E-state index contributed by atoms with van der Waals surface area (Å²) in [7, 11) is 0. The monoisotopic (exact) mass is 374 g/mol. The van der Waals surface area contributed by atoms with Crippen molar-refractivity contribution >= 4 is 11.8 Å². The average Bonchev–Trinajstić information content (AvgIpc) is 3.06. The molecule has 26 heavy (non-hydrogen) atoms. The van der Waals surface area contributed by atoms with Gasteiger partial charge in [-0.2, -0.15) is 22.0 Å². The lowest BCUT2D eigenvalue weighted by molar-refractivity contribution is 0.121. The molecule has 140 valence electrons. The highest BCUT2D eigenvalue weighted by Gasteiger charge is 2.18. The molecule has 0 radical (unpaired) electrons. The van der Waals surface area contributed by atoms with Gasteiger partial charge in [-0.15, -0.1) is 0 Å². The number of fused-ring (bicyclic) bond motifs is 1. The normalized spacial score (nSPS) is 18.8. The van der Waals surface area contributed by atoms with Gasteiger partial charge in [0.05, 0.1) is 17.9 Å². The van der Waals surface area contributed by atoms with E-state index in [4.69, 9.17) is 0 Å². The summed E-state index contributed by atoms with van der Waals surface area (Å²) in [4.78, 5) is 17.1. The summed E-state index contributed by atoms with van der Waals surface area (Å²) in [5.41, 5.74) is 4.50. The van der Waals surface area contributed by atoms with Crippen molar-refractivity contribution in [2.75, 3.05) is 38.5 Å². The van der Waals surface area contributed by atoms with Crippen LogP contribution in [-0.2, 0) is 25.3 Å². The van der Waals surface area contributed by atoms with Gasteiger partial charge < -0.3 is 0 Å². The van der Waals surface area contributed by atoms with E-state index in [1.165, 1.54) is 0 Å². The molecule has 0 spiro atoms. The molecule has 2 aromatic heterocycles. The quantitative estimate of drug-likeness (QED) is 0.838. The summed E-state index contributed by atoms with van der Waals surface area (Å²) in [6.07, 6.45) is 0.978. The molecular formula is C18H26N6OS. The van der Waals surface area contributed by atoms with Gasteiger partial charge in [-0.05, 0) is 24.3 Å². The summed E-state index contributed by atoms with van der Waals surface area (Å²) in [5.74, 6) is 2.03. The van der Waals surface area contributed by atoms with Crippen LogP contribution in [0.5, 0.6) is 0 Å². The fourth-order valence-electron chi connectivity index (χ4n) is 3.60. The zero-order chi connectivity index (χ0) is 17.9. The van der Waals surface area contributed by atoms with E-state index in [9.17, 15) is 4.79 Å². The molecule has 0 saturated carbocycles. The number of H-pyrrole nitrogens is 1. The molecule has 2 aromatic rings. The Morgan fingerprint density at radius 3 is 2.73 bits per heavy atom. The second-order valence-corrected chi connectivity index (χ2v) is 8.25. The minimum atomic E-state index is 0.0405. The van der Waals surface area contributed by atoms with E-state index in [0.29, 0.717) is 6.54 Å². The molecule has 0 aromatic carbocycles. The van der Waals surface area contributed by atoms with Crippen LogP contribution in [0.3, 0.4) is 0 Å². The highest BCUT2D eigenvalue weighted by Crippen LogP contribution is 2.21. The Morgan fingerprint density at radius 1 is 1.15 bits per heavy atom. The third-order valence-electron chi connectivity index (χ3n) is 5.14. The van der Waals surface area contributed by atoms with E-state index in [0.717, 1.165) is 79.8 Å². The van der Waals surface area contributed by atoms with Crippen molar-refractivity contribution in [3.05, 3.63) is 45.1 Å². The number of piperazine rings is 1. The van der Waals surface area contributed by atoms with Gasteiger partial charge in [0.25, 0.3) is 5.56 Å². The first kappa shape index (κ1) is 17.8. The van der Waals surface area contributed by atoms with Crippen LogP contribution in [0.25, 0.3) is 0 Å². The minimum Gasteiger partial charge on any atom is -0.299 e. The Morgan fingerprint density at radius 2 is 1.96 bits per heavy atom. The summed E-state index contributed by atoms with van der Waals surface area (Å²) < 4.78 is 1.66. The van der Waals surface area contributed by atoms with Crippen LogP contribution in [-0.4, -0.2) is 68.3 Å². The van der Waals surface area contributed by atoms with Crippen LogP contribution in [0.15, 0.2) is 16.9 Å². The molecule has 0 unspecified atom stereocenters. The second kappa shape index (κ2) is 7.94. The molecule has 2 aliphatic rings. The molecule has 4 rings (SSSR count). The molecule has 0 amide bonds. The maximum Gasteiger partial charge on any atom is 0.267 e. The molecular weight excluding hydrogens is 348 g/mol. The van der Waals surface area contributed by atoms with Gasteiger partial charge in [0.1, 0.15) is 0 Å². The largest absolute Gasteiger partial charge is 0.299 e. The fourth-order valence-corrected chi connectivity index (χ4v) is 4.56. The van der Waals surface area contributed by atoms with E-state index in [2.05, 4.69) is 31.2 Å². The predicted molar refractivity (Wildman–Crippen MR) is 103 cm³/mol. The zero-order valence-electron chi connectivity index (χ0n) is 15.3. The smallest absolute Gasteiger partial charge is 0.267 e. The van der Waals surface area contributed by atoms with Gasteiger partial charge in [0, 0.05) is 63.2 Å². The number of nitrogens with one attached hydrogen (secondary N) is 1. The number of hydrogen-bond donors (Lipinski definition) is 1. The van der Waals surface area contributed by atoms with Crippen molar-refractivity contribution in [1.82, 2.24) is 29.8 Å². The van der Waals surface area contributed by atoms with Crippen LogP contribution in [0.1, 0.15) is 22.6 Å². The fraction of sp³-hybridized carbons (Fsp3) is 0.611. The van der Waals surface area contributed by atoms with Crippen molar-refractivity contribution in [3.63, 3.8) is 0 Å². The van der Waals surface area contributed by atoms with Gasteiger partial charge in [-0.3, -0.25) is 19.7 Å². The summed E-state index contributed by atoms with van der Waals surface area (Å²) >= 11 is 1.88. The third-order valence-corrected chi connectivity index (χ3v) is 6.15. The Labute approximate surface area is 157 Å². The molecule has 1 fully saturated rings. The van der Waals surface area contributed by atoms with Crippen LogP contribution in [0.2, 0.25) is 0 Å². The first-order valence-electron chi connectivity index (χ1n) is 9.30. The lowest BCUT2D eigenvalue weighted by atomic mass is 10.2. The van der Waals surface area contributed by atoms with E-state index >= 15 is 0 Å². The number of hydrogen-bond acceptors (Lipinski definition) is 6. The maximum atomic E-state index is 12.3. The molecule has 7 nitrogen and oxygen atoms in total. The van der Waals surface area contributed by atoms with Gasteiger partial charge in [-0.25, -0.2) is 4.68 Å². The van der Waals surface area contributed by atoms with Crippen molar-refractivity contribution in [2.24, 2.45) is 0 Å². The molecule has 8 heteroatoms. The van der Waals surface area contributed by atoms with Gasteiger partial charge in [-0.1, -0.05) is 0 Å². The number of nitrogens with zero attached hydrogens (tertiary/aromatic N) is 5. The minimum absolute atomic E-state index is 0.0405. The first-order chi connectivity index (χ1) is 12.7. The van der Waals surface area contributed by atoms with E-state index < -0.39 is 0 Å². The lowest BCUT2D eigenvalue weighted by Crippen LogP contribution is -2.47. The van der Waals surface area contributed by atoms with Crippen LogP contribution < -0.4 is 5.56 Å². The van der Waals surface area contributed by atoms with Crippen LogP contribution in [0, 0.1) is 6.92 Å². The second-order valence-electron chi connectivity index (χ2n) is 7.14. The average molecular weight is 375 g/mol. The molecule has 0 aliphatic carbocycles. The van der Waals surface area contributed by atoms with Crippen LogP contribution >= 0.6 is 11.8 Å². The van der Waals surface area contributed by atoms with Crippen molar-refractivity contribution in [2.45, 2.75) is 32.2 Å². The summed E-state index contributed by atoms with van der Waals surface area (Å²) in [6.45, 7) is 8.63. The predicted octanol–water partition coefficient (Wildman–Crippen LogP) is 0.882. The Bertz CT molecular complexity index is 808. The van der Waals surface area contributed by atoms with Gasteiger partial charge >= 0.3 is 0 Å². The molecule has 4 heterocycles. The van der Waals surface area contributed by atoms with E-state index in [1.54, 1.807) is 10.7 Å². The Balaban J connectivity index is 1.28. The highest BCUT2D eigenvalue weighted by atomic mass is 32.2. The molecule has 1 saturated heterocycles. The number of aromatic amines is 1. The Kier molecular flexibility index (Phi) is 5.42. The standard InChI is InChI=1S/C18H26N6OS/c1-14-10-16(20-19-14)12-23-5-3-22(4-6-23)7-8-24-18(25)11-15-13-26-9-2-17(15)21-24/h10-11H,2-9,12-13H2,1H3,(H,19,20). The number of thioether (sulfide) groups is 1. The maximum absolute atomic E-state index is 12.3. The van der Waals surface area contributed by atoms with E-state index in [-0.39, 0.29) is 5.56 Å². The summed E-state index contributed by atoms with van der Waals surface area (Å²) in [5, 5.41) is 11.9. The SMILES string of the molecule is Cc1cc(CN2CCN(CCn3nc4c(cc3=O)CSCC4)CC2)n[nH]1. The molecule has 0 atom stereocenters. The number of rotatable bonds is 5. The lowest BCUT2D eigenvalue weighted by Gasteiger charge is -2.34. The number of aryl methyl sites for hydroxylation is 2. The zero-order valence-corrected chi connectivity index (χ0v) is 16.1. The summed E-state index contributed by atoms with van der Waals surface area (Å²) in [6, 6.07) is 3.90. The van der Waals surface area contributed by atoms with Crippen LogP contribution in [0.4, 0.5) is 0 Å². The molecule has 2 aliphatic heterocycles. The van der Waals surface area contributed by atoms with Gasteiger partial charge in [0.15, 0.2) is 0 Å². The Hall–Kier alpha value is -1.64. The highest BCUT2D eigenvalue weighted by molar-refractivity contribution is 7.98. The first-order valence-corrected chi connectivity index (χ1v) is 10.5. The number of aromatic nitrogens is 4. The third kappa shape index (κ3) is 4.19. The van der Waals surface area contributed by atoms with Gasteiger partial charge in [0.2, 0.25) is 0 Å². The van der Waals surface area contributed by atoms with Crippen molar-refractivity contribution in [3.8, 4) is 0 Å². The van der Waals surface area contributed by atoms with E-state index in [1.807, 2.05) is 18.7 Å². The van der Waals surface area contributed by atoms with Crippen molar-refractivity contribution < 1.29 is 0 Å². The van der Waals surface area contributed by atoms with Crippen molar-refractivity contribution in [1.29, 1.82) is 0 Å². The molecule has 0 bridgehead atoms. The topological polar surface area (TPSA) is 70.1 Å². The molecule has 1 N–H and O–H groups in total.